The Morgan fingerprint density at radius 2 is 1.95 bits per heavy atom. The number of nitrogens with zero attached hydrogens (tertiary/aromatic N) is 1. The van der Waals surface area contributed by atoms with Crippen LogP contribution < -0.4 is 4.74 Å². The first kappa shape index (κ1) is 14.2. The molecular formula is C14H10BrNO4. The van der Waals surface area contributed by atoms with Gasteiger partial charge in [-0.2, -0.15) is 0 Å². The molecule has 0 fully saturated rings. The van der Waals surface area contributed by atoms with Crippen LogP contribution in [0.5, 0.6) is 5.75 Å². The largest absolute Gasteiger partial charge is 0.485 e. The van der Waals surface area contributed by atoms with E-state index < -0.39 is 4.92 Å². The van der Waals surface area contributed by atoms with Crippen molar-refractivity contribution >= 4 is 27.4 Å². The van der Waals surface area contributed by atoms with E-state index >= 15 is 0 Å². The highest BCUT2D eigenvalue weighted by molar-refractivity contribution is 9.10. The fraction of sp³-hybridized carbons (Fsp3) is 0.0714. The Hall–Kier alpha value is -2.21. The van der Waals surface area contributed by atoms with E-state index in [1.54, 1.807) is 18.2 Å². The molecule has 0 radical (unpaired) electrons. The molecule has 0 saturated heterocycles. The zero-order valence-electron chi connectivity index (χ0n) is 10.3. The number of carbonyl (C=O) groups excluding carboxylic acids is 1. The molecule has 0 aromatic heterocycles. The first-order valence-corrected chi connectivity index (χ1v) is 6.51. The number of nitro groups is 1. The van der Waals surface area contributed by atoms with Crippen LogP contribution in [0.3, 0.4) is 0 Å². The Kier molecular flexibility index (Phi) is 4.47. The summed E-state index contributed by atoms with van der Waals surface area (Å²) in [5.74, 6) is 0.242. The number of rotatable bonds is 5. The lowest BCUT2D eigenvalue weighted by molar-refractivity contribution is -0.384. The number of halogens is 1. The highest BCUT2D eigenvalue weighted by Crippen LogP contribution is 2.18. The van der Waals surface area contributed by atoms with Gasteiger partial charge in [0, 0.05) is 22.2 Å². The van der Waals surface area contributed by atoms with Crippen LogP contribution >= 0.6 is 15.9 Å². The third kappa shape index (κ3) is 3.64. The van der Waals surface area contributed by atoms with Gasteiger partial charge in [0.05, 0.1) is 4.92 Å². The van der Waals surface area contributed by atoms with Gasteiger partial charge in [-0.15, -0.1) is 0 Å². The zero-order valence-corrected chi connectivity index (χ0v) is 11.9. The van der Waals surface area contributed by atoms with Crippen molar-refractivity contribution in [3.05, 3.63) is 68.7 Å². The van der Waals surface area contributed by atoms with E-state index in [-0.39, 0.29) is 23.6 Å². The van der Waals surface area contributed by atoms with Gasteiger partial charge in [0.25, 0.3) is 5.69 Å². The predicted octanol–water partition coefficient (Wildman–Crippen LogP) is 3.62. The molecule has 0 N–H and O–H groups in total. The number of ether oxygens (including phenoxy) is 1. The third-order valence-corrected chi connectivity index (χ3v) is 3.04. The lowest BCUT2D eigenvalue weighted by Crippen LogP contribution is -2.11. The SMILES string of the molecule is O=C(COc1cccc(Br)c1)c1cccc([N+](=O)[O-])c1. The number of Topliss-reactive ketones (excluding diaryl/α,β-unsaturated/α-hetero) is 1. The molecule has 20 heavy (non-hydrogen) atoms. The van der Waals surface area contributed by atoms with E-state index in [2.05, 4.69) is 15.9 Å². The highest BCUT2D eigenvalue weighted by Gasteiger charge is 2.12. The number of nitro benzene ring substituents is 1. The summed E-state index contributed by atoms with van der Waals surface area (Å²) in [7, 11) is 0. The monoisotopic (exact) mass is 335 g/mol. The normalized spacial score (nSPS) is 10.1. The molecule has 0 amide bonds. The molecule has 0 unspecified atom stereocenters. The fourth-order valence-corrected chi connectivity index (χ4v) is 1.96. The third-order valence-electron chi connectivity index (χ3n) is 2.54. The summed E-state index contributed by atoms with van der Waals surface area (Å²) < 4.78 is 6.20. The second kappa shape index (κ2) is 6.29. The summed E-state index contributed by atoms with van der Waals surface area (Å²) in [5.41, 5.74) is 0.146. The molecule has 0 heterocycles. The average molecular weight is 336 g/mol. The Labute approximate surface area is 123 Å². The highest BCUT2D eigenvalue weighted by atomic mass is 79.9. The van der Waals surface area contributed by atoms with Crippen molar-refractivity contribution in [3.8, 4) is 5.75 Å². The minimum atomic E-state index is -0.536. The summed E-state index contributed by atoms with van der Waals surface area (Å²) in [5, 5.41) is 10.7. The lowest BCUT2D eigenvalue weighted by Gasteiger charge is -2.05. The van der Waals surface area contributed by atoms with Crippen LogP contribution in [0.4, 0.5) is 5.69 Å². The van der Waals surface area contributed by atoms with E-state index in [0.29, 0.717) is 5.75 Å². The summed E-state index contributed by atoms with van der Waals surface area (Å²) >= 11 is 3.30. The average Bonchev–Trinajstić information content (AvgIpc) is 2.45. The molecule has 102 valence electrons. The standard InChI is InChI=1S/C14H10BrNO4/c15-11-4-2-6-13(8-11)20-9-14(17)10-3-1-5-12(7-10)16(18)19/h1-8H,9H2. The minimum Gasteiger partial charge on any atom is -0.485 e. The van der Waals surface area contributed by atoms with Crippen molar-refractivity contribution in [3.63, 3.8) is 0 Å². The number of ketones is 1. The Morgan fingerprint density at radius 1 is 1.20 bits per heavy atom. The maximum atomic E-state index is 11.9. The van der Waals surface area contributed by atoms with E-state index in [1.807, 2.05) is 6.07 Å². The topological polar surface area (TPSA) is 69.4 Å². The predicted molar refractivity (Wildman–Crippen MR) is 77.1 cm³/mol. The van der Waals surface area contributed by atoms with Gasteiger partial charge in [-0.1, -0.05) is 34.1 Å². The molecule has 0 aliphatic heterocycles. The number of hydrogen-bond donors (Lipinski definition) is 0. The molecule has 5 nitrogen and oxygen atoms in total. The van der Waals surface area contributed by atoms with Gasteiger partial charge in [-0.05, 0) is 18.2 Å². The lowest BCUT2D eigenvalue weighted by atomic mass is 10.1. The summed E-state index contributed by atoms with van der Waals surface area (Å²) in [6, 6.07) is 12.7. The molecule has 6 heteroatoms. The molecule has 0 bridgehead atoms. The Balaban J connectivity index is 2.05. The Bertz CT molecular complexity index is 657. The molecular weight excluding hydrogens is 326 g/mol. The van der Waals surface area contributed by atoms with E-state index in [0.717, 1.165) is 4.47 Å². The number of carbonyl (C=O) groups is 1. The van der Waals surface area contributed by atoms with E-state index in [1.165, 1.54) is 24.3 Å². The van der Waals surface area contributed by atoms with Crippen LogP contribution in [0.1, 0.15) is 10.4 Å². The van der Waals surface area contributed by atoms with Crippen LogP contribution in [-0.2, 0) is 0 Å². The summed E-state index contributed by atoms with van der Waals surface area (Å²) in [6.07, 6.45) is 0. The maximum Gasteiger partial charge on any atom is 0.270 e. The van der Waals surface area contributed by atoms with Crippen molar-refractivity contribution in [2.45, 2.75) is 0 Å². The van der Waals surface area contributed by atoms with Crippen LogP contribution in [0.2, 0.25) is 0 Å². The molecule has 0 spiro atoms. The minimum absolute atomic E-state index is 0.113. The van der Waals surface area contributed by atoms with Crippen molar-refractivity contribution in [2.75, 3.05) is 6.61 Å². The molecule has 0 aliphatic carbocycles. The quantitative estimate of drug-likeness (QED) is 0.475. The van der Waals surface area contributed by atoms with Gasteiger partial charge in [0.1, 0.15) is 5.75 Å². The van der Waals surface area contributed by atoms with Crippen LogP contribution in [-0.4, -0.2) is 17.3 Å². The van der Waals surface area contributed by atoms with Crippen molar-refractivity contribution in [1.82, 2.24) is 0 Å². The number of hydrogen-bond acceptors (Lipinski definition) is 4. The van der Waals surface area contributed by atoms with Crippen molar-refractivity contribution < 1.29 is 14.5 Å². The molecule has 0 atom stereocenters. The zero-order chi connectivity index (χ0) is 14.5. The van der Waals surface area contributed by atoms with Crippen LogP contribution in [0, 0.1) is 10.1 Å². The van der Waals surface area contributed by atoms with Crippen molar-refractivity contribution in [1.29, 1.82) is 0 Å². The summed E-state index contributed by atoms with van der Waals surface area (Å²) in [6.45, 7) is -0.169. The van der Waals surface area contributed by atoms with Gasteiger partial charge in [-0.3, -0.25) is 14.9 Å². The molecule has 2 rings (SSSR count). The summed E-state index contributed by atoms with van der Waals surface area (Å²) in [4.78, 5) is 22.0. The molecule has 0 saturated carbocycles. The fourth-order valence-electron chi connectivity index (χ4n) is 1.58. The van der Waals surface area contributed by atoms with Crippen LogP contribution in [0.25, 0.3) is 0 Å². The smallest absolute Gasteiger partial charge is 0.270 e. The molecule has 0 aliphatic rings. The van der Waals surface area contributed by atoms with E-state index in [9.17, 15) is 14.9 Å². The Morgan fingerprint density at radius 3 is 2.65 bits per heavy atom. The second-order valence-electron chi connectivity index (χ2n) is 3.98. The number of benzene rings is 2. The van der Waals surface area contributed by atoms with Gasteiger partial charge < -0.3 is 4.74 Å². The van der Waals surface area contributed by atoms with Crippen molar-refractivity contribution in [2.24, 2.45) is 0 Å². The van der Waals surface area contributed by atoms with E-state index in [4.69, 9.17) is 4.74 Å². The first-order chi connectivity index (χ1) is 9.56. The van der Waals surface area contributed by atoms with Gasteiger partial charge in [0.2, 0.25) is 0 Å². The van der Waals surface area contributed by atoms with Gasteiger partial charge in [-0.25, -0.2) is 0 Å². The van der Waals surface area contributed by atoms with Crippen LogP contribution in [0.15, 0.2) is 53.0 Å². The number of non-ortho nitro benzene ring substituents is 1. The molecule has 2 aromatic carbocycles. The molecule has 2 aromatic rings. The maximum absolute atomic E-state index is 11.9. The van der Waals surface area contributed by atoms with Gasteiger partial charge in [0.15, 0.2) is 12.4 Å². The second-order valence-corrected chi connectivity index (χ2v) is 4.89. The first-order valence-electron chi connectivity index (χ1n) is 5.72. The van der Waals surface area contributed by atoms with Gasteiger partial charge >= 0.3 is 0 Å².